The van der Waals surface area contributed by atoms with Gasteiger partial charge >= 0.3 is 0 Å². The number of rotatable bonds is 6. The topological polar surface area (TPSA) is 97.7 Å². The van der Waals surface area contributed by atoms with Crippen molar-refractivity contribution in [1.82, 2.24) is 25.1 Å². The fourth-order valence-electron chi connectivity index (χ4n) is 3.64. The smallest absolute Gasteiger partial charge is 0.211 e. The van der Waals surface area contributed by atoms with Gasteiger partial charge in [-0.1, -0.05) is 24.2 Å². The Morgan fingerprint density at radius 2 is 1.83 bits per heavy atom. The average molecular weight is 420 g/mol. The van der Waals surface area contributed by atoms with E-state index in [1.807, 2.05) is 24.3 Å². The minimum atomic E-state index is 0.562. The van der Waals surface area contributed by atoms with E-state index in [1.54, 1.807) is 37.0 Å². The third kappa shape index (κ3) is 4.02. The lowest BCUT2D eigenvalue weighted by molar-refractivity contribution is 0.413. The number of nitrogens with zero attached hydrogens (tertiary/aromatic N) is 5. The van der Waals surface area contributed by atoms with E-state index in [1.165, 1.54) is 25.7 Å². The summed E-state index contributed by atoms with van der Waals surface area (Å²) in [5, 5.41) is 17.1. The van der Waals surface area contributed by atoms with Gasteiger partial charge in [-0.15, -0.1) is 10.2 Å². The molecule has 8 nitrogen and oxygen atoms in total. The first-order valence-corrected chi connectivity index (χ1v) is 10.7. The molecule has 4 heterocycles. The van der Waals surface area contributed by atoms with Crippen LogP contribution in [-0.4, -0.2) is 32.3 Å². The van der Waals surface area contributed by atoms with Crippen molar-refractivity contribution in [3.8, 4) is 5.75 Å². The van der Waals surface area contributed by atoms with Crippen molar-refractivity contribution >= 4 is 44.7 Å². The summed E-state index contributed by atoms with van der Waals surface area (Å²) in [6.45, 7) is 0. The first-order chi connectivity index (χ1) is 14.8. The fraction of sp³-hybridized carbons (Fsp3) is 0.286. The largest absolute Gasteiger partial charge is 0.495 e. The highest BCUT2D eigenvalue weighted by molar-refractivity contribution is 7.15. The lowest BCUT2D eigenvalue weighted by atomic mass is 10.1. The van der Waals surface area contributed by atoms with Crippen LogP contribution in [0.1, 0.15) is 36.6 Å². The van der Waals surface area contributed by atoms with Gasteiger partial charge in [0.1, 0.15) is 16.6 Å². The molecule has 1 saturated carbocycles. The molecule has 0 bridgehead atoms. The maximum atomic E-state index is 5.22. The summed E-state index contributed by atoms with van der Waals surface area (Å²) in [7, 11) is 1.62. The second kappa shape index (κ2) is 8.19. The van der Waals surface area contributed by atoms with Crippen molar-refractivity contribution in [2.45, 2.75) is 31.6 Å². The van der Waals surface area contributed by atoms with Crippen molar-refractivity contribution < 1.29 is 4.74 Å². The SMILES string of the molecule is COc1cncc(Nc2cnc3ccc(Nc4nnc(C5CCCC5)s4)nc3c2)c1. The van der Waals surface area contributed by atoms with Gasteiger partial charge in [-0.2, -0.15) is 0 Å². The number of hydrogen-bond acceptors (Lipinski definition) is 9. The monoisotopic (exact) mass is 419 g/mol. The molecule has 4 aromatic heterocycles. The Morgan fingerprint density at radius 1 is 0.967 bits per heavy atom. The average Bonchev–Trinajstić information content (AvgIpc) is 3.46. The fourth-order valence-corrected chi connectivity index (χ4v) is 4.56. The molecule has 0 unspecified atom stereocenters. The number of aromatic nitrogens is 5. The second-order valence-corrected chi connectivity index (χ2v) is 8.26. The lowest BCUT2D eigenvalue weighted by Crippen LogP contribution is -1.96. The van der Waals surface area contributed by atoms with Gasteiger partial charge in [-0.25, -0.2) is 4.98 Å². The summed E-state index contributed by atoms with van der Waals surface area (Å²) < 4.78 is 5.22. The van der Waals surface area contributed by atoms with Crippen LogP contribution in [0.5, 0.6) is 5.75 Å². The minimum Gasteiger partial charge on any atom is -0.495 e. The number of methoxy groups -OCH3 is 1. The third-order valence-corrected chi connectivity index (χ3v) is 6.16. The molecule has 0 aliphatic heterocycles. The van der Waals surface area contributed by atoms with Gasteiger partial charge < -0.3 is 15.4 Å². The number of ether oxygens (including phenoxy) is 1. The molecule has 1 aliphatic rings. The van der Waals surface area contributed by atoms with E-state index >= 15 is 0 Å². The van der Waals surface area contributed by atoms with Crippen molar-refractivity contribution in [1.29, 1.82) is 0 Å². The van der Waals surface area contributed by atoms with Crippen LogP contribution in [0.3, 0.4) is 0 Å². The van der Waals surface area contributed by atoms with E-state index in [4.69, 9.17) is 9.72 Å². The Balaban J connectivity index is 1.35. The van der Waals surface area contributed by atoms with Gasteiger partial charge in [0.05, 0.1) is 48.1 Å². The Labute approximate surface area is 177 Å². The summed E-state index contributed by atoms with van der Waals surface area (Å²) in [4.78, 5) is 13.4. The van der Waals surface area contributed by atoms with Crippen molar-refractivity contribution in [2.75, 3.05) is 17.7 Å². The van der Waals surface area contributed by atoms with Gasteiger partial charge in [-0.05, 0) is 31.0 Å². The van der Waals surface area contributed by atoms with Gasteiger partial charge in [0.2, 0.25) is 5.13 Å². The van der Waals surface area contributed by atoms with Gasteiger partial charge in [0.25, 0.3) is 0 Å². The molecule has 0 amide bonds. The molecule has 2 N–H and O–H groups in total. The Bertz CT molecular complexity index is 1170. The maximum absolute atomic E-state index is 5.22. The van der Waals surface area contributed by atoms with Crippen molar-refractivity contribution in [3.63, 3.8) is 0 Å². The third-order valence-electron chi connectivity index (χ3n) is 5.15. The molecular formula is C21H21N7OS. The van der Waals surface area contributed by atoms with E-state index in [-0.39, 0.29) is 0 Å². The summed E-state index contributed by atoms with van der Waals surface area (Å²) in [5.74, 6) is 1.97. The van der Waals surface area contributed by atoms with Crippen molar-refractivity contribution in [2.24, 2.45) is 0 Å². The molecule has 0 aromatic carbocycles. The van der Waals surface area contributed by atoms with E-state index in [9.17, 15) is 0 Å². The normalized spacial score (nSPS) is 14.2. The van der Waals surface area contributed by atoms with Crippen molar-refractivity contribution in [3.05, 3.63) is 47.9 Å². The molecular weight excluding hydrogens is 398 g/mol. The molecule has 0 saturated heterocycles. The molecule has 1 aliphatic carbocycles. The van der Waals surface area contributed by atoms with Crippen LogP contribution in [0.2, 0.25) is 0 Å². The number of anilines is 4. The summed E-state index contributed by atoms with van der Waals surface area (Å²) in [5.41, 5.74) is 3.24. The number of pyridine rings is 3. The molecule has 5 rings (SSSR count). The van der Waals surface area contributed by atoms with E-state index in [2.05, 4.69) is 30.8 Å². The number of nitrogens with one attached hydrogen (secondary N) is 2. The Morgan fingerprint density at radius 3 is 2.70 bits per heavy atom. The van der Waals surface area contributed by atoms with Crippen LogP contribution in [0, 0.1) is 0 Å². The molecule has 0 atom stereocenters. The molecule has 4 aromatic rings. The highest BCUT2D eigenvalue weighted by atomic mass is 32.1. The zero-order chi connectivity index (χ0) is 20.3. The predicted molar refractivity (Wildman–Crippen MR) is 118 cm³/mol. The summed E-state index contributed by atoms with van der Waals surface area (Å²) >= 11 is 1.62. The minimum absolute atomic E-state index is 0.562. The quantitative estimate of drug-likeness (QED) is 0.449. The first-order valence-electron chi connectivity index (χ1n) is 9.90. The highest BCUT2D eigenvalue weighted by Gasteiger charge is 2.21. The van der Waals surface area contributed by atoms with E-state index < -0.39 is 0 Å². The van der Waals surface area contributed by atoms with Gasteiger partial charge in [0.15, 0.2) is 0 Å². The van der Waals surface area contributed by atoms with Gasteiger partial charge in [-0.3, -0.25) is 9.97 Å². The lowest BCUT2D eigenvalue weighted by Gasteiger charge is -2.08. The second-order valence-electron chi connectivity index (χ2n) is 7.25. The first kappa shape index (κ1) is 18.7. The molecule has 152 valence electrons. The molecule has 30 heavy (non-hydrogen) atoms. The summed E-state index contributed by atoms with van der Waals surface area (Å²) in [6, 6.07) is 7.68. The van der Waals surface area contributed by atoms with E-state index in [0.29, 0.717) is 11.7 Å². The summed E-state index contributed by atoms with van der Waals surface area (Å²) in [6.07, 6.45) is 10.2. The van der Waals surface area contributed by atoms with Crippen LogP contribution < -0.4 is 15.4 Å². The zero-order valence-corrected chi connectivity index (χ0v) is 17.3. The van der Waals surface area contributed by atoms with Crippen LogP contribution in [0.15, 0.2) is 42.9 Å². The predicted octanol–water partition coefficient (Wildman–Crippen LogP) is 5.03. The van der Waals surface area contributed by atoms with Gasteiger partial charge in [0, 0.05) is 12.0 Å². The molecule has 9 heteroatoms. The van der Waals surface area contributed by atoms with Crippen LogP contribution in [-0.2, 0) is 0 Å². The molecule has 0 radical (unpaired) electrons. The highest BCUT2D eigenvalue weighted by Crippen LogP contribution is 2.37. The van der Waals surface area contributed by atoms with E-state index in [0.717, 1.165) is 38.4 Å². The Kier molecular flexibility index (Phi) is 5.10. The molecule has 0 spiro atoms. The molecule has 1 fully saturated rings. The Hall–Kier alpha value is -3.33. The number of hydrogen-bond donors (Lipinski definition) is 2. The maximum Gasteiger partial charge on any atom is 0.211 e. The zero-order valence-electron chi connectivity index (χ0n) is 16.5. The van der Waals surface area contributed by atoms with Crippen LogP contribution in [0.4, 0.5) is 22.3 Å². The van der Waals surface area contributed by atoms with Crippen LogP contribution in [0.25, 0.3) is 11.0 Å². The standard InChI is InChI=1S/C21H21N7OS/c1-29-16-8-14(10-22-12-16)24-15-9-18-17(23-11-15)6-7-19(25-18)26-21-28-27-20(30-21)13-4-2-3-5-13/h6-13,24H,2-5H2,1H3,(H,25,26,28). The van der Waals surface area contributed by atoms with Crippen LogP contribution >= 0.6 is 11.3 Å². The number of fused-ring (bicyclic) bond motifs is 1.